The summed E-state index contributed by atoms with van der Waals surface area (Å²) in [6.07, 6.45) is 5.12. The summed E-state index contributed by atoms with van der Waals surface area (Å²) in [6.45, 7) is 7.96. The molecule has 5 heteroatoms. The van der Waals surface area contributed by atoms with E-state index in [1.54, 1.807) is 6.20 Å². The van der Waals surface area contributed by atoms with Gasteiger partial charge in [-0.3, -0.25) is 9.78 Å². The molecule has 1 unspecified atom stereocenters. The molecule has 1 aromatic carbocycles. The van der Waals surface area contributed by atoms with E-state index in [1.807, 2.05) is 35.4 Å². The maximum Gasteiger partial charge on any atom is 0.227 e. The molecule has 1 aliphatic rings. The number of hydrogen-bond acceptors (Lipinski definition) is 3. The number of aromatic nitrogens is 3. The van der Waals surface area contributed by atoms with Gasteiger partial charge in [-0.2, -0.15) is 0 Å². The molecule has 1 fully saturated rings. The first-order chi connectivity index (χ1) is 13.0. The van der Waals surface area contributed by atoms with Crippen molar-refractivity contribution >= 4 is 16.9 Å². The maximum absolute atomic E-state index is 12.8. The number of nitrogens with zero attached hydrogens (tertiary/aromatic N) is 4. The number of likely N-dealkylation sites (tertiary alicyclic amines) is 1. The van der Waals surface area contributed by atoms with Gasteiger partial charge in [0.25, 0.3) is 0 Å². The molecule has 0 aliphatic carbocycles. The van der Waals surface area contributed by atoms with Crippen molar-refractivity contribution in [3.63, 3.8) is 0 Å². The Morgan fingerprint density at radius 1 is 1.26 bits per heavy atom. The fraction of sp³-hybridized carbons (Fsp3) is 0.409. The lowest BCUT2D eigenvalue weighted by Gasteiger charge is -2.19. The third-order valence-electron chi connectivity index (χ3n) is 5.54. The fourth-order valence-electron chi connectivity index (χ4n) is 4.07. The first-order valence-corrected chi connectivity index (χ1v) is 9.68. The number of hydrogen-bond donors (Lipinski definition) is 0. The van der Waals surface area contributed by atoms with Crippen molar-refractivity contribution in [2.45, 2.75) is 45.6 Å². The number of carbonyl (C=O) groups excluding carboxylic acids is 1. The molecule has 0 radical (unpaired) electrons. The number of pyridine rings is 1. The van der Waals surface area contributed by atoms with Crippen LogP contribution in [0.25, 0.3) is 11.0 Å². The van der Waals surface area contributed by atoms with Crippen molar-refractivity contribution in [2.75, 3.05) is 13.1 Å². The van der Waals surface area contributed by atoms with E-state index in [9.17, 15) is 4.79 Å². The molecule has 0 saturated carbocycles. The molecule has 27 heavy (non-hydrogen) atoms. The number of imidazole rings is 1. The molecular formula is C22H26N4O. The van der Waals surface area contributed by atoms with Gasteiger partial charge in [-0.25, -0.2) is 4.98 Å². The van der Waals surface area contributed by atoms with Gasteiger partial charge in [-0.15, -0.1) is 0 Å². The van der Waals surface area contributed by atoms with Crippen molar-refractivity contribution < 1.29 is 4.79 Å². The standard InChI is InChI=1S/C22H26N4O/c1-15(2)26-20-13-23-10-8-19(20)24-22(26)18-9-11-25(14-18)21(27)12-17-7-5-4-6-16(17)3/h4-8,10,13,15,18H,9,11-12,14H2,1-3H3. The summed E-state index contributed by atoms with van der Waals surface area (Å²) in [5.74, 6) is 1.57. The summed E-state index contributed by atoms with van der Waals surface area (Å²) in [4.78, 5) is 24.0. The third kappa shape index (κ3) is 3.34. The van der Waals surface area contributed by atoms with E-state index >= 15 is 0 Å². The molecular weight excluding hydrogens is 336 g/mol. The second-order valence-corrected chi connectivity index (χ2v) is 7.73. The number of rotatable bonds is 4. The normalized spacial score (nSPS) is 17.2. The van der Waals surface area contributed by atoms with Crippen molar-refractivity contribution in [3.8, 4) is 0 Å². The summed E-state index contributed by atoms with van der Waals surface area (Å²) in [5, 5.41) is 0. The van der Waals surface area contributed by atoms with Gasteiger partial charge in [0.15, 0.2) is 0 Å². The monoisotopic (exact) mass is 362 g/mol. The van der Waals surface area contributed by atoms with E-state index in [2.05, 4.69) is 36.4 Å². The van der Waals surface area contributed by atoms with Crippen LogP contribution >= 0.6 is 0 Å². The Balaban J connectivity index is 1.55. The molecule has 1 amide bonds. The zero-order valence-corrected chi connectivity index (χ0v) is 16.2. The average Bonchev–Trinajstić information content (AvgIpc) is 3.28. The van der Waals surface area contributed by atoms with Crippen LogP contribution in [0.3, 0.4) is 0 Å². The fourth-order valence-corrected chi connectivity index (χ4v) is 4.07. The van der Waals surface area contributed by atoms with Gasteiger partial charge in [-0.05, 0) is 44.4 Å². The molecule has 3 aromatic rings. The topological polar surface area (TPSA) is 51.0 Å². The number of benzene rings is 1. The Morgan fingerprint density at radius 2 is 2.07 bits per heavy atom. The lowest BCUT2D eigenvalue weighted by atomic mass is 10.1. The first-order valence-electron chi connectivity index (χ1n) is 9.68. The molecule has 1 saturated heterocycles. The largest absolute Gasteiger partial charge is 0.342 e. The van der Waals surface area contributed by atoms with Crippen LogP contribution in [-0.4, -0.2) is 38.4 Å². The SMILES string of the molecule is Cc1ccccc1CC(=O)N1CCC(c2nc3ccncc3n2C(C)C)C1. The molecule has 2 aromatic heterocycles. The van der Waals surface area contributed by atoms with Crippen LogP contribution in [0.4, 0.5) is 0 Å². The van der Waals surface area contributed by atoms with Gasteiger partial charge in [0.1, 0.15) is 5.82 Å². The van der Waals surface area contributed by atoms with E-state index in [4.69, 9.17) is 4.98 Å². The Labute approximate surface area is 160 Å². The summed E-state index contributed by atoms with van der Waals surface area (Å²) < 4.78 is 2.28. The lowest BCUT2D eigenvalue weighted by molar-refractivity contribution is -0.129. The van der Waals surface area contributed by atoms with E-state index in [0.29, 0.717) is 12.5 Å². The first kappa shape index (κ1) is 17.7. The van der Waals surface area contributed by atoms with Crippen LogP contribution in [0, 0.1) is 6.92 Å². The van der Waals surface area contributed by atoms with Crippen LogP contribution in [0.1, 0.15) is 49.2 Å². The van der Waals surface area contributed by atoms with Crippen LogP contribution in [-0.2, 0) is 11.2 Å². The molecule has 3 heterocycles. The van der Waals surface area contributed by atoms with Crippen molar-refractivity contribution in [1.82, 2.24) is 19.4 Å². The predicted molar refractivity (Wildman–Crippen MR) is 107 cm³/mol. The van der Waals surface area contributed by atoms with Crippen molar-refractivity contribution in [3.05, 3.63) is 59.7 Å². The molecule has 140 valence electrons. The highest BCUT2D eigenvalue weighted by atomic mass is 16.2. The predicted octanol–water partition coefficient (Wildman–Crippen LogP) is 3.88. The number of aryl methyl sites for hydroxylation is 1. The minimum Gasteiger partial charge on any atom is -0.342 e. The Bertz CT molecular complexity index is 975. The molecule has 5 nitrogen and oxygen atoms in total. The Hall–Kier alpha value is -2.69. The van der Waals surface area contributed by atoms with E-state index < -0.39 is 0 Å². The van der Waals surface area contributed by atoms with Gasteiger partial charge in [0.2, 0.25) is 5.91 Å². The summed E-state index contributed by atoms with van der Waals surface area (Å²) in [7, 11) is 0. The summed E-state index contributed by atoms with van der Waals surface area (Å²) in [5.41, 5.74) is 4.35. The summed E-state index contributed by atoms with van der Waals surface area (Å²) in [6, 6.07) is 10.4. The number of fused-ring (bicyclic) bond motifs is 1. The Kier molecular flexibility index (Phi) is 4.68. The van der Waals surface area contributed by atoms with Crippen LogP contribution in [0.15, 0.2) is 42.7 Å². The van der Waals surface area contributed by atoms with Crippen molar-refractivity contribution in [1.29, 1.82) is 0 Å². The second kappa shape index (κ2) is 7.14. The minimum atomic E-state index is 0.209. The molecule has 4 rings (SSSR count). The third-order valence-corrected chi connectivity index (χ3v) is 5.54. The summed E-state index contributed by atoms with van der Waals surface area (Å²) >= 11 is 0. The number of amides is 1. The minimum absolute atomic E-state index is 0.209. The quantitative estimate of drug-likeness (QED) is 0.708. The van der Waals surface area contributed by atoms with Crippen LogP contribution < -0.4 is 0 Å². The van der Waals surface area contributed by atoms with Gasteiger partial charge in [0.05, 0.1) is 23.7 Å². The van der Waals surface area contributed by atoms with Gasteiger partial charge >= 0.3 is 0 Å². The highest BCUT2D eigenvalue weighted by Crippen LogP contribution is 2.31. The van der Waals surface area contributed by atoms with Gasteiger partial charge < -0.3 is 9.47 Å². The molecule has 1 atom stereocenters. The van der Waals surface area contributed by atoms with E-state index in [-0.39, 0.29) is 11.8 Å². The molecule has 1 aliphatic heterocycles. The molecule has 0 bridgehead atoms. The highest BCUT2D eigenvalue weighted by molar-refractivity contribution is 5.79. The zero-order valence-electron chi connectivity index (χ0n) is 16.2. The second-order valence-electron chi connectivity index (χ2n) is 7.73. The van der Waals surface area contributed by atoms with E-state index in [0.717, 1.165) is 41.9 Å². The number of carbonyl (C=O) groups is 1. The smallest absolute Gasteiger partial charge is 0.227 e. The highest BCUT2D eigenvalue weighted by Gasteiger charge is 2.31. The van der Waals surface area contributed by atoms with Gasteiger partial charge in [0, 0.05) is 31.2 Å². The molecule has 0 spiro atoms. The van der Waals surface area contributed by atoms with Crippen LogP contribution in [0.5, 0.6) is 0 Å². The Morgan fingerprint density at radius 3 is 2.85 bits per heavy atom. The molecule has 0 N–H and O–H groups in total. The zero-order chi connectivity index (χ0) is 19.0. The average molecular weight is 362 g/mol. The van der Waals surface area contributed by atoms with Gasteiger partial charge in [-0.1, -0.05) is 24.3 Å². The van der Waals surface area contributed by atoms with Crippen LogP contribution in [0.2, 0.25) is 0 Å². The van der Waals surface area contributed by atoms with Crippen molar-refractivity contribution in [2.24, 2.45) is 0 Å². The lowest BCUT2D eigenvalue weighted by Crippen LogP contribution is -2.30. The van der Waals surface area contributed by atoms with E-state index in [1.165, 1.54) is 5.56 Å². The maximum atomic E-state index is 12.8.